The average Bonchev–Trinajstić information content (AvgIpc) is 3.79. The standard InChI is InChI=1S/C51H55F3N10O5/c1-7-45(65)62-43(16-8-9-23-55-46(66)22-21-40-19-20-41(64(40)6)28-44-32(3)24-33(4)63(44)5)49(69)59-36-14-11-15-37(26-36)61-50-56-29-39(30-57-50)60-48(68)42-27-38(18-17-31(42)2)58-47(67)34-12-10-13-35(25-34)51(52,53)54/h7,10-12,14-15,17-20,24-30,35,43H,1,8-9,13,16,21-23H2,2-6H3,(H5-,55,56,57,58,59,60,61,62,65,66,67,68,69)/p+1/t35?,43-/m0/s1. The van der Waals surface area contributed by atoms with Crippen LogP contribution >= 0.6 is 0 Å². The van der Waals surface area contributed by atoms with Gasteiger partial charge in [0, 0.05) is 78.6 Å². The maximum absolute atomic E-state index is 13.4. The third-order valence-corrected chi connectivity index (χ3v) is 11.7. The maximum atomic E-state index is 13.4. The van der Waals surface area contributed by atoms with Crippen molar-refractivity contribution in [2.24, 2.45) is 13.0 Å². The first-order chi connectivity index (χ1) is 32.9. The molecule has 5 amide bonds. The lowest BCUT2D eigenvalue weighted by Crippen LogP contribution is -2.43. The molecule has 6 N–H and O–H groups in total. The number of aromatic nitrogens is 3. The summed E-state index contributed by atoms with van der Waals surface area (Å²) in [6.07, 6.45) is 11.2. The number of alkyl halides is 3. The van der Waals surface area contributed by atoms with Crippen molar-refractivity contribution < 1.29 is 41.7 Å². The first-order valence-electron chi connectivity index (χ1n) is 22.4. The summed E-state index contributed by atoms with van der Waals surface area (Å²) in [6, 6.07) is 12.6. The second-order valence-corrected chi connectivity index (χ2v) is 16.8. The van der Waals surface area contributed by atoms with Crippen LogP contribution in [0.15, 0.2) is 115 Å². The van der Waals surface area contributed by atoms with Gasteiger partial charge in [0.2, 0.25) is 29.4 Å². The van der Waals surface area contributed by atoms with Crippen LogP contribution in [0.25, 0.3) is 6.08 Å². The van der Waals surface area contributed by atoms with E-state index >= 15 is 0 Å². The number of hydrogen-bond acceptors (Lipinski definition) is 8. The molecule has 1 aliphatic heterocycles. The molecular formula is C51H56F3N10O5+. The number of amides is 5. The number of nitrogens with zero attached hydrogens (tertiary/aromatic N) is 4. The number of anilines is 5. The Morgan fingerprint density at radius 2 is 1.61 bits per heavy atom. The minimum Gasteiger partial charge on any atom is -0.356 e. The van der Waals surface area contributed by atoms with Crippen LogP contribution in [0.1, 0.15) is 71.4 Å². The molecule has 69 heavy (non-hydrogen) atoms. The summed E-state index contributed by atoms with van der Waals surface area (Å²) >= 11 is 0. The van der Waals surface area contributed by atoms with E-state index in [2.05, 4.69) is 89.7 Å². The summed E-state index contributed by atoms with van der Waals surface area (Å²) in [5.41, 5.74) is 7.72. The topological polar surface area (TPSA) is 191 Å². The van der Waals surface area contributed by atoms with Gasteiger partial charge in [0.25, 0.3) is 11.8 Å². The number of nitrogens with one attached hydrogen (secondary N) is 6. The SMILES string of the molecule is C=CC(=O)N[C@@H](CCCCNC(=O)CCC1=[N+](C)/C(=C\c2c(C)cc(C)n2C)C=C1)C(=O)Nc1cccc(Nc2ncc(NC(=O)c3cc(NC(=O)C4=CC(C(F)(F)F)CC=C4)ccc3C)cn2)c1. The molecule has 0 saturated carbocycles. The van der Waals surface area contributed by atoms with Gasteiger partial charge in [-0.3, -0.25) is 24.0 Å². The molecule has 18 heteroatoms. The predicted octanol–water partition coefficient (Wildman–Crippen LogP) is 8.11. The van der Waals surface area contributed by atoms with E-state index in [9.17, 15) is 37.1 Å². The monoisotopic (exact) mass is 945 g/mol. The van der Waals surface area contributed by atoms with Gasteiger partial charge < -0.3 is 36.5 Å². The van der Waals surface area contributed by atoms with Crippen molar-refractivity contribution in [3.8, 4) is 0 Å². The number of benzene rings is 2. The smallest absolute Gasteiger partial charge is 0.356 e. The minimum absolute atomic E-state index is 0.0743. The van der Waals surface area contributed by atoms with Crippen molar-refractivity contribution in [1.29, 1.82) is 0 Å². The van der Waals surface area contributed by atoms with Gasteiger partial charge in [-0.2, -0.15) is 17.7 Å². The molecule has 15 nitrogen and oxygen atoms in total. The molecule has 1 unspecified atom stereocenters. The first-order valence-corrected chi connectivity index (χ1v) is 22.4. The molecule has 0 radical (unpaired) electrons. The Balaban J connectivity index is 0.958. The Kier molecular flexibility index (Phi) is 16.6. The Labute approximate surface area is 398 Å². The summed E-state index contributed by atoms with van der Waals surface area (Å²) in [5, 5.41) is 16.8. The molecule has 1 aliphatic carbocycles. The van der Waals surface area contributed by atoms with Crippen LogP contribution in [0.5, 0.6) is 0 Å². The van der Waals surface area contributed by atoms with Crippen molar-refractivity contribution >= 4 is 70.0 Å². The molecule has 2 aromatic carbocycles. The van der Waals surface area contributed by atoms with Gasteiger partial charge in [-0.1, -0.05) is 36.9 Å². The highest BCUT2D eigenvalue weighted by atomic mass is 19.4. The van der Waals surface area contributed by atoms with Gasteiger partial charge in [-0.05, 0) is 100 Å². The van der Waals surface area contributed by atoms with Gasteiger partial charge >= 0.3 is 6.18 Å². The molecule has 3 heterocycles. The number of rotatable bonds is 19. The number of allylic oxidation sites excluding steroid dienone is 4. The number of halogens is 3. The summed E-state index contributed by atoms with van der Waals surface area (Å²) in [5.74, 6) is -3.88. The minimum atomic E-state index is -4.48. The highest BCUT2D eigenvalue weighted by Gasteiger charge is 2.38. The quantitative estimate of drug-likeness (QED) is 0.0309. The third kappa shape index (κ3) is 13.8. The van der Waals surface area contributed by atoms with Crippen LogP contribution in [0.4, 0.5) is 41.9 Å². The molecule has 0 bridgehead atoms. The number of hydrogen-bond donors (Lipinski definition) is 6. The van der Waals surface area contributed by atoms with Crippen molar-refractivity contribution in [2.45, 2.75) is 71.5 Å². The molecule has 0 spiro atoms. The van der Waals surface area contributed by atoms with Crippen molar-refractivity contribution in [2.75, 3.05) is 34.9 Å². The molecule has 2 aromatic heterocycles. The highest BCUT2D eigenvalue weighted by molar-refractivity contribution is 6.09. The Bertz CT molecular complexity index is 2790. The van der Waals surface area contributed by atoms with Crippen molar-refractivity contribution in [3.63, 3.8) is 0 Å². The molecule has 0 saturated heterocycles. The van der Waals surface area contributed by atoms with Crippen LogP contribution in [-0.2, 0) is 26.2 Å². The lowest BCUT2D eigenvalue weighted by Gasteiger charge is -2.19. The molecule has 6 rings (SSSR count). The molecule has 360 valence electrons. The molecule has 4 aromatic rings. The van der Waals surface area contributed by atoms with Crippen LogP contribution in [0.2, 0.25) is 0 Å². The van der Waals surface area contributed by atoms with E-state index in [1.165, 1.54) is 41.9 Å². The van der Waals surface area contributed by atoms with E-state index in [0.717, 1.165) is 29.3 Å². The van der Waals surface area contributed by atoms with Gasteiger partial charge in [-0.25, -0.2) is 9.97 Å². The second-order valence-electron chi connectivity index (χ2n) is 16.8. The van der Waals surface area contributed by atoms with Gasteiger partial charge in [0.05, 0.1) is 29.7 Å². The molecule has 2 atom stereocenters. The Hall–Kier alpha value is -7.89. The lowest BCUT2D eigenvalue weighted by atomic mass is 9.95. The first kappa shape index (κ1) is 50.5. The fourth-order valence-electron chi connectivity index (χ4n) is 7.68. The fraction of sp³-hybridized carbons (Fsp3) is 0.294. The van der Waals surface area contributed by atoms with Crippen molar-refractivity contribution in [1.82, 2.24) is 25.2 Å². The Morgan fingerprint density at radius 3 is 2.32 bits per heavy atom. The number of likely N-dealkylation sites (N-methyl/N-ethyl adjacent to an activating group) is 1. The summed E-state index contributed by atoms with van der Waals surface area (Å²) in [4.78, 5) is 73.1. The highest BCUT2D eigenvalue weighted by Crippen LogP contribution is 2.34. The van der Waals surface area contributed by atoms with Crippen LogP contribution in [0.3, 0.4) is 0 Å². The normalized spacial score (nSPS) is 15.3. The Morgan fingerprint density at radius 1 is 0.884 bits per heavy atom. The molecule has 2 aliphatic rings. The third-order valence-electron chi connectivity index (χ3n) is 11.7. The average molecular weight is 946 g/mol. The van der Waals surface area contributed by atoms with Gasteiger partial charge in [0.15, 0.2) is 5.71 Å². The zero-order valence-electron chi connectivity index (χ0n) is 39.1. The zero-order chi connectivity index (χ0) is 49.8. The zero-order valence-corrected chi connectivity index (χ0v) is 39.1. The number of aryl methyl sites for hydroxylation is 3. The van der Waals surface area contributed by atoms with E-state index in [0.29, 0.717) is 55.6 Å². The lowest BCUT2D eigenvalue weighted by molar-refractivity contribution is -0.433. The van der Waals surface area contributed by atoms with Crippen LogP contribution in [0, 0.1) is 26.7 Å². The van der Waals surface area contributed by atoms with E-state index in [4.69, 9.17) is 0 Å². The van der Waals surface area contributed by atoms with E-state index in [-0.39, 0.29) is 40.8 Å². The fourth-order valence-corrected chi connectivity index (χ4v) is 7.68. The summed E-state index contributed by atoms with van der Waals surface area (Å²) in [7, 11) is 4.04. The number of carbonyl (C=O) groups is 5. The van der Waals surface area contributed by atoms with Crippen LogP contribution in [-0.4, -0.2) is 80.2 Å². The number of unbranched alkanes of at least 4 members (excludes halogenated alkanes) is 1. The summed E-state index contributed by atoms with van der Waals surface area (Å²) in [6.45, 7) is 9.78. The van der Waals surface area contributed by atoms with Gasteiger partial charge in [-0.15, -0.1) is 0 Å². The maximum Gasteiger partial charge on any atom is 0.395 e. The second kappa shape index (κ2) is 22.7. The van der Waals surface area contributed by atoms with Gasteiger partial charge in [0.1, 0.15) is 13.1 Å². The molecule has 0 fully saturated rings. The largest absolute Gasteiger partial charge is 0.395 e. The summed E-state index contributed by atoms with van der Waals surface area (Å²) < 4.78 is 44.0. The number of carbonyl (C=O) groups excluding carboxylic acids is 5. The van der Waals surface area contributed by atoms with E-state index in [1.807, 2.05) is 20.2 Å². The molecular weight excluding hydrogens is 890 g/mol. The van der Waals surface area contributed by atoms with E-state index < -0.39 is 41.8 Å². The van der Waals surface area contributed by atoms with Crippen molar-refractivity contribution in [3.05, 3.63) is 143 Å². The predicted molar refractivity (Wildman–Crippen MR) is 261 cm³/mol. The van der Waals surface area contributed by atoms with Crippen LogP contribution < -0.4 is 31.9 Å². The van der Waals surface area contributed by atoms with E-state index in [1.54, 1.807) is 43.3 Å².